The fraction of sp³-hybridized carbons (Fsp3) is 0.448. The number of hydrogen-bond donors (Lipinski definition) is 1. The molecule has 2 aromatic carbocycles. The second kappa shape index (κ2) is 9.60. The number of amides is 1. The molecule has 1 saturated carbocycles. The maximum atomic E-state index is 14.7. The van der Waals surface area contributed by atoms with Crippen molar-refractivity contribution < 1.29 is 18.7 Å². The Hall–Kier alpha value is -3.35. The lowest BCUT2D eigenvalue weighted by molar-refractivity contribution is -0.147. The highest BCUT2D eigenvalue weighted by atomic mass is 19.1. The van der Waals surface area contributed by atoms with Crippen molar-refractivity contribution in [3.8, 4) is 0 Å². The molecule has 36 heavy (non-hydrogen) atoms. The van der Waals surface area contributed by atoms with Crippen LogP contribution in [0.15, 0.2) is 42.5 Å². The number of benzene rings is 2. The Kier molecular flexibility index (Phi) is 6.49. The highest BCUT2D eigenvalue weighted by molar-refractivity contribution is 5.87. The first-order valence-corrected chi connectivity index (χ1v) is 12.8. The molecule has 3 aromatic rings. The Morgan fingerprint density at radius 3 is 2.58 bits per heavy atom. The maximum Gasteiger partial charge on any atom is 0.306 e. The van der Waals surface area contributed by atoms with Crippen molar-refractivity contribution in [3.63, 3.8) is 0 Å². The van der Waals surface area contributed by atoms with Crippen LogP contribution in [-0.4, -0.2) is 49.5 Å². The Bertz CT molecular complexity index is 1290. The van der Waals surface area contributed by atoms with E-state index in [1.807, 2.05) is 36.0 Å². The summed E-state index contributed by atoms with van der Waals surface area (Å²) in [6, 6.07) is 13.7. The van der Waals surface area contributed by atoms with Gasteiger partial charge in [-0.1, -0.05) is 30.3 Å². The van der Waals surface area contributed by atoms with Crippen LogP contribution in [0.1, 0.15) is 61.3 Å². The third-order valence-electron chi connectivity index (χ3n) is 8.17. The molecule has 1 amide bonds. The van der Waals surface area contributed by atoms with E-state index in [4.69, 9.17) is 4.74 Å². The van der Waals surface area contributed by atoms with Gasteiger partial charge in [0.15, 0.2) is 0 Å². The molecule has 0 bridgehead atoms. The number of esters is 1. The fourth-order valence-corrected chi connectivity index (χ4v) is 6.50. The first-order chi connectivity index (χ1) is 17.4. The van der Waals surface area contributed by atoms with Gasteiger partial charge in [-0.15, -0.1) is 0 Å². The smallest absolute Gasteiger partial charge is 0.306 e. The largest absolute Gasteiger partial charge is 0.469 e. The Balaban J connectivity index is 1.51. The lowest BCUT2D eigenvalue weighted by Crippen LogP contribution is -2.55. The third kappa shape index (κ3) is 4.04. The number of nitrogens with zero attached hydrogens (tertiary/aromatic N) is 2. The van der Waals surface area contributed by atoms with Crippen molar-refractivity contribution >= 4 is 28.5 Å². The van der Waals surface area contributed by atoms with Gasteiger partial charge in [0.05, 0.1) is 24.8 Å². The van der Waals surface area contributed by atoms with Crippen molar-refractivity contribution in [3.05, 3.63) is 65.1 Å². The minimum Gasteiger partial charge on any atom is -0.469 e. The van der Waals surface area contributed by atoms with Crippen molar-refractivity contribution in [2.75, 3.05) is 32.6 Å². The molecule has 7 heteroatoms. The van der Waals surface area contributed by atoms with E-state index in [0.29, 0.717) is 12.2 Å². The molecule has 0 radical (unpaired) electrons. The number of para-hydroxylation sites is 2. The van der Waals surface area contributed by atoms with Gasteiger partial charge in [0, 0.05) is 43.7 Å². The Morgan fingerprint density at radius 2 is 1.86 bits per heavy atom. The van der Waals surface area contributed by atoms with Crippen LogP contribution in [0.4, 0.5) is 10.1 Å². The number of methoxy groups -OCH3 is 1. The van der Waals surface area contributed by atoms with Gasteiger partial charge < -0.3 is 19.5 Å². The number of anilines is 1. The van der Waals surface area contributed by atoms with Crippen LogP contribution in [0.2, 0.25) is 0 Å². The summed E-state index contributed by atoms with van der Waals surface area (Å²) in [4.78, 5) is 32.8. The second-order valence-electron chi connectivity index (χ2n) is 10.3. The predicted octanol–water partition coefficient (Wildman–Crippen LogP) is 5.26. The number of ether oxygens (including phenoxy) is 1. The molecule has 0 atom stereocenters. The molecule has 6 nitrogen and oxygen atoms in total. The summed E-state index contributed by atoms with van der Waals surface area (Å²) in [7, 11) is 5.11. The molecule has 1 N–H and O–H groups in total. The topological polar surface area (TPSA) is 65.6 Å². The summed E-state index contributed by atoms with van der Waals surface area (Å²) in [6.07, 6.45) is 4.26. The van der Waals surface area contributed by atoms with Gasteiger partial charge >= 0.3 is 5.97 Å². The average molecular weight is 492 g/mol. The third-order valence-corrected chi connectivity index (χ3v) is 8.17. The summed E-state index contributed by atoms with van der Waals surface area (Å²) < 4.78 is 19.5. The molecule has 1 aliphatic carbocycles. The van der Waals surface area contributed by atoms with Crippen LogP contribution in [0.25, 0.3) is 10.9 Å². The second-order valence-corrected chi connectivity index (χ2v) is 10.3. The molecule has 2 aliphatic rings. The number of aromatic nitrogens is 1. The van der Waals surface area contributed by atoms with Crippen LogP contribution in [0.3, 0.4) is 0 Å². The molecule has 0 unspecified atom stereocenters. The highest BCUT2D eigenvalue weighted by Gasteiger charge is 2.49. The number of halogens is 1. The monoisotopic (exact) mass is 491 g/mol. The van der Waals surface area contributed by atoms with Gasteiger partial charge in [0.1, 0.15) is 5.82 Å². The average Bonchev–Trinajstić information content (AvgIpc) is 3.27. The summed E-state index contributed by atoms with van der Waals surface area (Å²) in [6.45, 7) is 0.627. The van der Waals surface area contributed by atoms with E-state index in [-0.39, 0.29) is 36.5 Å². The number of nitrogens with one attached hydrogen (secondary N) is 1. The lowest BCUT2D eigenvalue weighted by atomic mass is 9.69. The lowest BCUT2D eigenvalue weighted by Gasteiger charge is -2.51. The summed E-state index contributed by atoms with van der Waals surface area (Å²) in [5, 5.41) is 1.22. The summed E-state index contributed by atoms with van der Waals surface area (Å²) in [5.41, 5.74) is 4.74. The van der Waals surface area contributed by atoms with E-state index in [1.54, 1.807) is 6.07 Å². The zero-order chi connectivity index (χ0) is 25.4. The van der Waals surface area contributed by atoms with Crippen LogP contribution >= 0.6 is 0 Å². The SMILES string of the molecule is COC(=O)CCC(=O)N1CCc2c([nH]c3ccccc23)C12CCC(c1cccc(F)c1N(C)C)CC2. The Labute approximate surface area is 211 Å². The summed E-state index contributed by atoms with van der Waals surface area (Å²) in [5.74, 6) is -0.367. The van der Waals surface area contributed by atoms with Crippen LogP contribution in [0.5, 0.6) is 0 Å². The minimum atomic E-state index is -0.456. The Morgan fingerprint density at radius 1 is 1.11 bits per heavy atom. The number of hydrogen-bond acceptors (Lipinski definition) is 4. The number of carbonyl (C=O) groups is 2. The van der Waals surface area contributed by atoms with Gasteiger partial charge in [-0.25, -0.2) is 4.39 Å². The molecule has 2 heterocycles. The van der Waals surface area contributed by atoms with Gasteiger partial charge in [0.2, 0.25) is 5.91 Å². The van der Waals surface area contributed by atoms with Crippen LogP contribution in [-0.2, 0) is 26.3 Å². The molecule has 190 valence electrons. The zero-order valence-electron chi connectivity index (χ0n) is 21.3. The van der Waals surface area contributed by atoms with Crippen LogP contribution in [0, 0.1) is 5.82 Å². The molecule has 1 aromatic heterocycles. The molecule has 0 saturated heterocycles. The molecular formula is C29H34FN3O3. The van der Waals surface area contributed by atoms with E-state index in [1.165, 1.54) is 24.1 Å². The van der Waals surface area contributed by atoms with Crippen molar-refractivity contribution in [2.45, 2.75) is 56.4 Å². The number of aromatic amines is 1. The van der Waals surface area contributed by atoms with E-state index < -0.39 is 5.54 Å². The number of carbonyl (C=O) groups excluding carboxylic acids is 2. The predicted molar refractivity (Wildman–Crippen MR) is 139 cm³/mol. The van der Waals surface area contributed by atoms with Crippen molar-refractivity contribution in [1.29, 1.82) is 0 Å². The van der Waals surface area contributed by atoms with Gasteiger partial charge in [0.25, 0.3) is 0 Å². The molecule has 5 rings (SSSR count). The normalized spacial score (nSPS) is 21.4. The standard InChI is InChI=1S/C29H34FN3O3/c1-32(2)27-20(8-6-9-23(27)30)19-13-16-29(17-14-19)28-22(21-7-4-5-10-24(21)31-28)15-18-33(29)25(34)11-12-26(35)36-3/h4-10,19,31H,11-18H2,1-3H3. The van der Waals surface area contributed by atoms with Crippen LogP contribution < -0.4 is 4.90 Å². The van der Waals surface area contributed by atoms with E-state index in [0.717, 1.165) is 48.9 Å². The minimum absolute atomic E-state index is 0.0112. The summed E-state index contributed by atoms with van der Waals surface area (Å²) >= 11 is 0. The highest BCUT2D eigenvalue weighted by Crippen LogP contribution is 2.52. The number of H-pyrrole nitrogens is 1. The van der Waals surface area contributed by atoms with Gasteiger partial charge in [-0.2, -0.15) is 0 Å². The molecular weight excluding hydrogens is 457 g/mol. The fourth-order valence-electron chi connectivity index (χ4n) is 6.50. The van der Waals surface area contributed by atoms with Gasteiger partial charge in [-0.3, -0.25) is 9.59 Å². The molecule has 1 fully saturated rings. The van der Waals surface area contributed by atoms with E-state index in [9.17, 15) is 14.0 Å². The maximum absolute atomic E-state index is 14.7. The zero-order valence-corrected chi connectivity index (χ0v) is 21.3. The first-order valence-electron chi connectivity index (χ1n) is 12.8. The van der Waals surface area contributed by atoms with Gasteiger partial charge in [-0.05, 0) is 61.3 Å². The quantitative estimate of drug-likeness (QED) is 0.494. The molecule has 1 spiro atoms. The van der Waals surface area contributed by atoms with Crippen molar-refractivity contribution in [2.24, 2.45) is 0 Å². The number of rotatable bonds is 5. The van der Waals surface area contributed by atoms with Crippen molar-refractivity contribution in [1.82, 2.24) is 9.88 Å². The van der Waals surface area contributed by atoms with E-state index in [2.05, 4.69) is 23.2 Å². The number of fused-ring (bicyclic) bond motifs is 4. The van der Waals surface area contributed by atoms with E-state index >= 15 is 0 Å². The molecule has 1 aliphatic heterocycles. The first kappa shape index (κ1) is 24.3.